The maximum Gasteiger partial charge on any atom is 0.175 e. The second-order valence-corrected chi connectivity index (χ2v) is 5.04. The summed E-state index contributed by atoms with van der Waals surface area (Å²) in [5.41, 5.74) is 2.69. The second-order valence-electron chi connectivity index (χ2n) is 5.04. The molecule has 1 heterocycles. The molecule has 0 aliphatic rings. The van der Waals surface area contributed by atoms with Crippen LogP contribution in [0.3, 0.4) is 0 Å². The molecule has 0 aliphatic heterocycles. The Balaban J connectivity index is 2.26. The quantitative estimate of drug-likeness (QED) is 0.841. The van der Waals surface area contributed by atoms with E-state index in [1.807, 2.05) is 39.2 Å². The number of rotatable bonds is 5. The third kappa shape index (κ3) is 2.96. The van der Waals surface area contributed by atoms with E-state index in [0.717, 1.165) is 28.8 Å². The largest absolute Gasteiger partial charge is 0.492 e. The van der Waals surface area contributed by atoms with Gasteiger partial charge in [-0.15, -0.1) is 0 Å². The summed E-state index contributed by atoms with van der Waals surface area (Å²) >= 11 is 0. The van der Waals surface area contributed by atoms with Gasteiger partial charge in [-0.2, -0.15) is 0 Å². The Labute approximate surface area is 113 Å². The topological polar surface area (TPSA) is 45.3 Å². The molecule has 1 aromatic heterocycles. The van der Waals surface area contributed by atoms with Crippen LogP contribution in [0.15, 0.2) is 18.2 Å². The molecule has 0 bridgehead atoms. The second kappa shape index (κ2) is 5.45. The number of hydrogen-bond acceptors (Lipinski definition) is 3. The fraction of sp³-hybridized carbons (Fsp3) is 0.400. The van der Waals surface area contributed by atoms with Crippen LogP contribution in [-0.2, 0) is 0 Å². The Morgan fingerprint density at radius 2 is 2.11 bits per heavy atom. The van der Waals surface area contributed by atoms with Crippen LogP contribution in [0.4, 0.5) is 0 Å². The highest BCUT2D eigenvalue weighted by Crippen LogP contribution is 2.28. The van der Waals surface area contributed by atoms with Crippen molar-refractivity contribution >= 4 is 16.7 Å². The third-order valence-corrected chi connectivity index (χ3v) is 3.20. The van der Waals surface area contributed by atoms with E-state index < -0.39 is 0 Å². The highest BCUT2D eigenvalue weighted by Gasteiger charge is 2.10. The number of nitrogens with zero attached hydrogens (tertiary/aromatic N) is 1. The molecule has 0 atom stereocenters. The van der Waals surface area contributed by atoms with Crippen molar-refractivity contribution in [2.45, 2.75) is 13.8 Å². The van der Waals surface area contributed by atoms with E-state index in [1.54, 1.807) is 6.92 Å². The van der Waals surface area contributed by atoms with E-state index in [0.29, 0.717) is 12.3 Å². The summed E-state index contributed by atoms with van der Waals surface area (Å²) in [6.45, 7) is 5.12. The van der Waals surface area contributed by atoms with Gasteiger partial charge in [-0.1, -0.05) is 0 Å². The summed E-state index contributed by atoms with van der Waals surface area (Å²) in [4.78, 5) is 16.6. The molecule has 0 unspecified atom stereocenters. The van der Waals surface area contributed by atoms with Crippen LogP contribution in [0.2, 0.25) is 0 Å². The number of likely N-dealkylation sites (N-methyl/N-ethyl adjacent to an activating group) is 1. The fourth-order valence-corrected chi connectivity index (χ4v) is 2.01. The van der Waals surface area contributed by atoms with Crippen LogP contribution < -0.4 is 4.74 Å². The summed E-state index contributed by atoms with van der Waals surface area (Å²) in [5.74, 6) is 0.925. The van der Waals surface area contributed by atoms with Crippen LogP contribution in [0.25, 0.3) is 10.9 Å². The fourth-order valence-electron chi connectivity index (χ4n) is 2.01. The van der Waals surface area contributed by atoms with Gasteiger partial charge in [0.1, 0.15) is 12.4 Å². The summed E-state index contributed by atoms with van der Waals surface area (Å²) < 4.78 is 5.78. The van der Waals surface area contributed by atoms with Crippen LogP contribution in [0.5, 0.6) is 5.75 Å². The number of benzene rings is 1. The molecule has 2 aromatic rings. The molecule has 1 N–H and O–H groups in total. The maximum atomic E-state index is 11.4. The molecule has 102 valence electrons. The zero-order valence-electron chi connectivity index (χ0n) is 11.9. The first-order valence-electron chi connectivity index (χ1n) is 6.40. The minimum atomic E-state index is 0.0469. The first kappa shape index (κ1) is 13.6. The lowest BCUT2D eigenvalue weighted by atomic mass is 10.1. The summed E-state index contributed by atoms with van der Waals surface area (Å²) in [7, 11) is 4.04. The molecule has 1 aromatic carbocycles. The van der Waals surface area contributed by atoms with Crippen molar-refractivity contribution in [3.63, 3.8) is 0 Å². The van der Waals surface area contributed by atoms with Gasteiger partial charge in [-0.05, 0) is 39.2 Å². The number of Topliss-reactive ketones (excluding diaryl/α,β-unsaturated/α-hetero) is 1. The molecule has 0 radical (unpaired) electrons. The predicted molar refractivity (Wildman–Crippen MR) is 77.1 cm³/mol. The van der Waals surface area contributed by atoms with Gasteiger partial charge >= 0.3 is 0 Å². The van der Waals surface area contributed by atoms with Crippen molar-refractivity contribution in [2.75, 3.05) is 27.2 Å². The van der Waals surface area contributed by atoms with Gasteiger partial charge in [0.2, 0.25) is 0 Å². The number of fused-ring (bicyclic) bond motifs is 1. The first-order valence-corrected chi connectivity index (χ1v) is 6.40. The number of aromatic nitrogens is 1. The number of ether oxygens (including phenoxy) is 1. The lowest BCUT2D eigenvalue weighted by molar-refractivity contribution is 0.101. The highest BCUT2D eigenvalue weighted by atomic mass is 16.5. The normalized spacial score (nSPS) is 11.2. The third-order valence-electron chi connectivity index (χ3n) is 3.20. The molecule has 0 aliphatic carbocycles. The molecule has 0 amide bonds. The van der Waals surface area contributed by atoms with Crippen molar-refractivity contribution in [1.82, 2.24) is 9.88 Å². The molecular formula is C15H20N2O2. The average molecular weight is 260 g/mol. The Bertz CT molecular complexity index is 599. The van der Waals surface area contributed by atoms with Crippen molar-refractivity contribution in [3.05, 3.63) is 29.5 Å². The SMILES string of the molecule is CC(=O)c1cc2c(C)c(OCCN(C)C)ccc2[nH]1. The zero-order chi connectivity index (χ0) is 14.0. The predicted octanol–water partition coefficient (Wildman–Crippen LogP) is 2.62. The summed E-state index contributed by atoms with van der Waals surface area (Å²) in [6, 6.07) is 5.80. The number of hydrogen-bond donors (Lipinski definition) is 1. The minimum absolute atomic E-state index is 0.0469. The minimum Gasteiger partial charge on any atom is -0.492 e. The van der Waals surface area contributed by atoms with E-state index in [4.69, 9.17) is 4.74 Å². The Morgan fingerprint density at radius 1 is 1.37 bits per heavy atom. The molecular weight excluding hydrogens is 240 g/mol. The van der Waals surface area contributed by atoms with Crippen molar-refractivity contribution in [2.24, 2.45) is 0 Å². The molecule has 0 spiro atoms. The Hall–Kier alpha value is -1.81. The van der Waals surface area contributed by atoms with Gasteiger partial charge in [-0.3, -0.25) is 4.79 Å². The van der Waals surface area contributed by atoms with Gasteiger partial charge < -0.3 is 14.6 Å². The number of ketones is 1. The number of carbonyl (C=O) groups is 1. The van der Waals surface area contributed by atoms with Gasteiger partial charge in [0.15, 0.2) is 5.78 Å². The number of aryl methyl sites for hydroxylation is 1. The average Bonchev–Trinajstić information content (AvgIpc) is 2.76. The van der Waals surface area contributed by atoms with E-state index in [-0.39, 0.29) is 5.78 Å². The van der Waals surface area contributed by atoms with Gasteiger partial charge in [-0.25, -0.2) is 0 Å². The lowest BCUT2D eigenvalue weighted by Gasteiger charge is -2.13. The van der Waals surface area contributed by atoms with Crippen LogP contribution in [0.1, 0.15) is 23.0 Å². The molecule has 4 heteroatoms. The van der Waals surface area contributed by atoms with Crippen molar-refractivity contribution < 1.29 is 9.53 Å². The molecule has 19 heavy (non-hydrogen) atoms. The molecule has 0 saturated heterocycles. The maximum absolute atomic E-state index is 11.4. The van der Waals surface area contributed by atoms with Gasteiger partial charge in [0, 0.05) is 29.9 Å². The molecule has 0 saturated carbocycles. The van der Waals surface area contributed by atoms with E-state index in [1.165, 1.54) is 0 Å². The van der Waals surface area contributed by atoms with Crippen LogP contribution in [-0.4, -0.2) is 42.9 Å². The Kier molecular flexibility index (Phi) is 3.90. The van der Waals surface area contributed by atoms with Crippen molar-refractivity contribution in [1.29, 1.82) is 0 Å². The number of H-pyrrole nitrogens is 1. The standard InChI is InChI=1S/C15H20N2O2/c1-10-12-9-14(11(2)18)16-13(12)5-6-15(10)19-8-7-17(3)4/h5-6,9,16H,7-8H2,1-4H3. The number of carbonyl (C=O) groups excluding carboxylic acids is 1. The summed E-state index contributed by atoms with van der Waals surface area (Å²) in [5, 5.41) is 1.05. The van der Waals surface area contributed by atoms with E-state index in [2.05, 4.69) is 9.88 Å². The van der Waals surface area contributed by atoms with Gasteiger partial charge in [0.05, 0.1) is 5.69 Å². The highest BCUT2D eigenvalue weighted by molar-refractivity contribution is 5.99. The van der Waals surface area contributed by atoms with Crippen molar-refractivity contribution in [3.8, 4) is 5.75 Å². The van der Waals surface area contributed by atoms with Gasteiger partial charge in [0.25, 0.3) is 0 Å². The number of aromatic amines is 1. The Morgan fingerprint density at radius 3 is 2.74 bits per heavy atom. The number of nitrogens with one attached hydrogen (secondary N) is 1. The zero-order valence-corrected chi connectivity index (χ0v) is 11.9. The van der Waals surface area contributed by atoms with E-state index in [9.17, 15) is 4.79 Å². The smallest absolute Gasteiger partial charge is 0.175 e. The first-order chi connectivity index (χ1) is 8.99. The lowest BCUT2D eigenvalue weighted by Crippen LogP contribution is -2.19. The molecule has 0 fully saturated rings. The van der Waals surface area contributed by atoms with E-state index >= 15 is 0 Å². The molecule has 2 rings (SSSR count). The van der Waals surface area contributed by atoms with Crippen LogP contribution in [0, 0.1) is 6.92 Å². The monoisotopic (exact) mass is 260 g/mol. The summed E-state index contributed by atoms with van der Waals surface area (Å²) in [6.07, 6.45) is 0. The van der Waals surface area contributed by atoms with Crippen LogP contribution >= 0.6 is 0 Å². The molecule has 4 nitrogen and oxygen atoms in total.